The molecule has 0 amide bonds. The van der Waals surface area contributed by atoms with Crippen LogP contribution in [0.4, 0.5) is 5.69 Å². The van der Waals surface area contributed by atoms with Crippen molar-refractivity contribution in [3.05, 3.63) is 52.6 Å². The van der Waals surface area contributed by atoms with E-state index in [-0.39, 0.29) is 5.56 Å². The highest BCUT2D eigenvalue weighted by molar-refractivity contribution is 5.99. The number of benzene rings is 1. The highest BCUT2D eigenvalue weighted by atomic mass is 16.6. The average Bonchev–Trinajstić information content (AvgIpc) is 2.81. The summed E-state index contributed by atoms with van der Waals surface area (Å²) >= 11 is 0. The second-order valence-corrected chi connectivity index (χ2v) is 3.21. The maximum Gasteiger partial charge on any atom is 0.311 e. The number of nitrogens with zero attached hydrogens (tertiary/aromatic N) is 3. The Balaban J connectivity index is 2.50. The van der Waals surface area contributed by atoms with E-state index in [0.29, 0.717) is 0 Å². The van der Waals surface area contributed by atoms with Gasteiger partial charge in [0.25, 0.3) is 5.91 Å². The van der Waals surface area contributed by atoms with Crippen molar-refractivity contribution in [2.45, 2.75) is 0 Å². The molecular weight excluding hydrogens is 226 g/mol. The molecule has 1 aromatic carbocycles. The van der Waals surface area contributed by atoms with Crippen LogP contribution in [0.5, 0.6) is 5.75 Å². The lowest BCUT2D eigenvalue weighted by Gasteiger charge is -2.03. The van der Waals surface area contributed by atoms with E-state index in [0.717, 1.165) is 10.6 Å². The minimum absolute atomic E-state index is 0.141. The zero-order valence-corrected chi connectivity index (χ0v) is 8.48. The number of aromatic nitrogens is 2. The van der Waals surface area contributed by atoms with Gasteiger partial charge in [-0.3, -0.25) is 19.5 Å². The molecule has 0 atom stereocenters. The smallest absolute Gasteiger partial charge is 0.311 e. The Hall–Kier alpha value is -2.70. The second-order valence-electron chi connectivity index (χ2n) is 3.21. The van der Waals surface area contributed by atoms with Crippen molar-refractivity contribution in [2.75, 3.05) is 0 Å². The van der Waals surface area contributed by atoms with Crippen molar-refractivity contribution in [2.24, 2.45) is 0 Å². The van der Waals surface area contributed by atoms with Gasteiger partial charge in [0.15, 0.2) is 0 Å². The molecule has 0 radical (unpaired) electrons. The highest BCUT2D eigenvalue weighted by Gasteiger charge is 2.21. The van der Waals surface area contributed by atoms with E-state index in [1.165, 1.54) is 30.9 Å². The number of imidazole rings is 1. The van der Waals surface area contributed by atoms with E-state index in [2.05, 4.69) is 4.98 Å². The SMILES string of the molecule is O=C(c1cccc([N+](=O)[O-])c1O)n1ccnc1. The number of hydrogen-bond donors (Lipinski definition) is 1. The van der Waals surface area contributed by atoms with Crippen LogP contribution < -0.4 is 0 Å². The summed E-state index contributed by atoms with van der Waals surface area (Å²) in [6.45, 7) is 0. The molecule has 7 heteroatoms. The molecule has 1 aromatic heterocycles. The van der Waals surface area contributed by atoms with Crippen molar-refractivity contribution in [3.63, 3.8) is 0 Å². The van der Waals surface area contributed by atoms with E-state index < -0.39 is 22.3 Å². The first-order chi connectivity index (χ1) is 8.11. The molecule has 0 aliphatic rings. The summed E-state index contributed by atoms with van der Waals surface area (Å²) in [5, 5.41) is 20.2. The number of carbonyl (C=O) groups excluding carboxylic acids is 1. The maximum atomic E-state index is 11.8. The lowest BCUT2D eigenvalue weighted by molar-refractivity contribution is -0.385. The van der Waals surface area contributed by atoms with Gasteiger partial charge in [0.1, 0.15) is 6.33 Å². The number of nitro benzene ring substituents is 1. The van der Waals surface area contributed by atoms with E-state index in [9.17, 15) is 20.0 Å². The number of phenols is 1. The van der Waals surface area contributed by atoms with Gasteiger partial charge in [-0.2, -0.15) is 0 Å². The van der Waals surface area contributed by atoms with Crippen molar-refractivity contribution in [1.82, 2.24) is 9.55 Å². The predicted molar refractivity (Wildman–Crippen MR) is 56.7 cm³/mol. The minimum atomic E-state index is -0.750. The lowest BCUT2D eigenvalue weighted by Crippen LogP contribution is -2.10. The third kappa shape index (κ3) is 1.85. The van der Waals surface area contributed by atoms with Gasteiger partial charge in [0.2, 0.25) is 5.75 Å². The molecule has 2 aromatic rings. The quantitative estimate of drug-likeness (QED) is 0.620. The summed E-state index contributed by atoms with van der Waals surface area (Å²) in [7, 11) is 0. The molecule has 0 saturated carbocycles. The summed E-state index contributed by atoms with van der Waals surface area (Å²) in [6.07, 6.45) is 4.04. The summed E-state index contributed by atoms with van der Waals surface area (Å²) in [4.78, 5) is 25.4. The summed E-state index contributed by atoms with van der Waals surface area (Å²) in [5.74, 6) is -1.22. The van der Waals surface area contributed by atoms with Gasteiger partial charge < -0.3 is 5.11 Å². The van der Waals surface area contributed by atoms with Crippen molar-refractivity contribution in [1.29, 1.82) is 0 Å². The van der Waals surface area contributed by atoms with E-state index >= 15 is 0 Å². The van der Waals surface area contributed by atoms with Crippen LogP contribution in [0.3, 0.4) is 0 Å². The standard InChI is InChI=1S/C10H7N3O4/c14-9-7(2-1-3-8(9)13(16)17)10(15)12-5-4-11-6-12/h1-6,14H. The number of para-hydroxylation sites is 1. The van der Waals surface area contributed by atoms with E-state index in [1.807, 2.05) is 0 Å². The van der Waals surface area contributed by atoms with Crippen LogP contribution in [0, 0.1) is 10.1 Å². The molecule has 2 rings (SSSR count). The molecule has 0 bridgehead atoms. The molecular formula is C10H7N3O4. The van der Waals surface area contributed by atoms with Gasteiger partial charge in [-0.25, -0.2) is 4.98 Å². The number of hydrogen-bond acceptors (Lipinski definition) is 5. The maximum absolute atomic E-state index is 11.8. The highest BCUT2D eigenvalue weighted by Crippen LogP contribution is 2.29. The largest absolute Gasteiger partial charge is 0.502 e. The molecule has 0 saturated heterocycles. The third-order valence-electron chi connectivity index (χ3n) is 2.18. The van der Waals surface area contributed by atoms with Crippen LogP contribution in [-0.2, 0) is 0 Å². The fraction of sp³-hybridized carbons (Fsp3) is 0. The number of rotatable bonds is 2. The zero-order valence-electron chi connectivity index (χ0n) is 8.48. The van der Waals surface area contributed by atoms with Crippen molar-refractivity contribution in [3.8, 4) is 5.75 Å². The Morgan fingerprint density at radius 1 is 1.47 bits per heavy atom. The van der Waals surface area contributed by atoms with Crippen LogP contribution in [-0.4, -0.2) is 25.5 Å². The first-order valence-electron chi connectivity index (χ1n) is 4.60. The fourth-order valence-corrected chi connectivity index (χ4v) is 1.37. The fourth-order valence-electron chi connectivity index (χ4n) is 1.37. The Labute approximate surface area is 95.1 Å². The van der Waals surface area contributed by atoms with Gasteiger partial charge in [-0.1, -0.05) is 6.07 Å². The van der Waals surface area contributed by atoms with Gasteiger partial charge in [0, 0.05) is 18.5 Å². The topological polar surface area (TPSA) is 98.3 Å². The first-order valence-corrected chi connectivity index (χ1v) is 4.60. The lowest BCUT2D eigenvalue weighted by atomic mass is 10.1. The molecule has 17 heavy (non-hydrogen) atoms. The zero-order chi connectivity index (χ0) is 12.4. The Kier molecular flexibility index (Phi) is 2.57. The van der Waals surface area contributed by atoms with Gasteiger partial charge >= 0.3 is 5.69 Å². The summed E-state index contributed by atoms with van der Waals surface area (Å²) in [5.41, 5.74) is -0.645. The van der Waals surface area contributed by atoms with Crippen LogP contribution >= 0.6 is 0 Å². The van der Waals surface area contributed by atoms with Crippen LogP contribution in [0.2, 0.25) is 0 Å². The Morgan fingerprint density at radius 2 is 2.24 bits per heavy atom. The van der Waals surface area contributed by atoms with Gasteiger partial charge in [-0.05, 0) is 6.07 Å². The molecule has 86 valence electrons. The molecule has 0 aliphatic heterocycles. The minimum Gasteiger partial charge on any atom is -0.502 e. The van der Waals surface area contributed by atoms with Crippen molar-refractivity contribution < 1.29 is 14.8 Å². The average molecular weight is 233 g/mol. The van der Waals surface area contributed by atoms with Crippen LogP contribution in [0.1, 0.15) is 10.4 Å². The number of nitro groups is 1. The molecule has 7 nitrogen and oxygen atoms in total. The number of phenolic OH excluding ortho intramolecular Hbond substituents is 1. The normalized spacial score (nSPS) is 10.1. The molecule has 0 fully saturated rings. The molecule has 0 spiro atoms. The van der Waals surface area contributed by atoms with E-state index in [1.54, 1.807) is 0 Å². The van der Waals surface area contributed by atoms with Gasteiger partial charge in [0.05, 0.1) is 10.5 Å². The Bertz CT molecular complexity index is 577. The molecule has 1 heterocycles. The van der Waals surface area contributed by atoms with E-state index in [4.69, 9.17) is 0 Å². The number of carbonyl (C=O) groups is 1. The third-order valence-corrected chi connectivity index (χ3v) is 2.18. The van der Waals surface area contributed by atoms with Crippen molar-refractivity contribution >= 4 is 11.6 Å². The molecule has 1 N–H and O–H groups in total. The monoisotopic (exact) mass is 233 g/mol. The summed E-state index contributed by atoms with van der Waals surface area (Å²) in [6, 6.07) is 3.77. The summed E-state index contributed by atoms with van der Waals surface area (Å²) < 4.78 is 1.12. The predicted octanol–water partition coefficient (Wildman–Crippen LogP) is 1.19. The molecule has 0 unspecified atom stereocenters. The molecule has 0 aliphatic carbocycles. The van der Waals surface area contributed by atoms with Crippen LogP contribution in [0.25, 0.3) is 0 Å². The van der Waals surface area contributed by atoms with Crippen LogP contribution in [0.15, 0.2) is 36.9 Å². The van der Waals surface area contributed by atoms with Gasteiger partial charge in [-0.15, -0.1) is 0 Å². The number of aromatic hydroxyl groups is 1. The second kappa shape index (κ2) is 4.05. The Morgan fingerprint density at radius 3 is 2.82 bits per heavy atom. The first kappa shape index (κ1) is 10.8.